The Morgan fingerprint density at radius 1 is 1.19 bits per heavy atom. The minimum atomic E-state index is -0.0275. The molecule has 0 spiro atoms. The maximum Gasteiger partial charge on any atom is 0.217 e. The highest BCUT2D eigenvalue weighted by atomic mass is 35.5. The van der Waals surface area contributed by atoms with Crippen molar-refractivity contribution in [1.29, 1.82) is 0 Å². The van der Waals surface area contributed by atoms with Gasteiger partial charge in [0.25, 0.3) is 0 Å². The third kappa shape index (κ3) is 5.44. The van der Waals surface area contributed by atoms with Crippen molar-refractivity contribution in [2.75, 3.05) is 5.75 Å². The zero-order valence-electron chi connectivity index (χ0n) is 11.9. The lowest BCUT2D eigenvalue weighted by Crippen LogP contribution is -2.27. The molecule has 4 heteroatoms. The molecule has 0 aliphatic rings. The molecule has 2 rings (SSSR count). The molecule has 21 heavy (non-hydrogen) atoms. The summed E-state index contributed by atoms with van der Waals surface area (Å²) in [5.41, 5.74) is 2.33. The fourth-order valence-corrected chi connectivity index (χ4v) is 3.32. The predicted molar refractivity (Wildman–Crippen MR) is 90.6 cm³/mol. The van der Waals surface area contributed by atoms with E-state index in [2.05, 4.69) is 17.4 Å². The highest BCUT2D eigenvalue weighted by molar-refractivity contribution is 7.98. The van der Waals surface area contributed by atoms with Gasteiger partial charge in [0.1, 0.15) is 0 Å². The number of halogens is 1. The summed E-state index contributed by atoms with van der Waals surface area (Å²) in [6.45, 7) is 1.54. The molecule has 0 heterocycles. The van der Waals surface area contributed by atoms with Crippen molar-refractivity contribution in [3.63, 3.8) is 0 Å². The average Bonchev–Trinajstić information content (AvgIpc) is 2.47. The van der Waals surface area contributed by atoms with Gasteiger partial charge in [-0.05, 0) is 23.3 Å². The Morgan fingerprint density at radius 2 is 1.95 bits per heavy atom. The highest BCUT2D eigenvalue weighted by Gasteiger charge is 2.13. The van der Waals surface area contributed by atoms with Gasteiger partial charge >= 0.3 is 0 Å². The lowest BCUT2D eigenvalue weighted by Gasteiger charge is -2.18. The highest BCUT2D eigenvalue weighted by Crippen LogP contribution is 2.23. The van der Waals surface area contributed by atoms with Crippen LogP contribution in [0.2, 0.25) is 5.02 Å². The first-order valence-corrected chi connectivity index (χ1v) is 8.32. The molecule has 0 saturated carbocycles. The molecular formula is C17H18ClNOS. The first-order valence-electron chi connectivity index (χ1n) is 6.79. The van der Waals surface area contributed by atoms with E-state index in [1.807, 2.05) is 42.5 Å². The molecule has 2 aromatic rings. The molecule has 0 aromatic heterocycles. The quantitative estimate of drug-likeness (QED) is 0.852. The van der Waals surface area contributed by atoms with Crippen molar-refractivity contribution < 1.29 is 4.79 Å². The van der Waals surface area contributed by atoms with Crippen molar-refractivity contribution in [1.82, 2.24) is 5.32 Å². The predicted octanol–water partition coefficient (Wildman–Crippen LogP) is 4.45. The number of rotatable bonds is 6. The first-order chi connectivity index (χ1) is 10.1. The van der Waals surface area contributed by atoms with Crippen molar-refractivity contribution in [3.05, 3.63) is 70.7 Å². The summed E-state index contributed by atoms with van der Waals surface area (Å²) in [5.74, 6) is 1.71. The van der Waals surface area contributed by atoms with Crippen LogP contribution >= 0.6 is 23.4 Å². The van der Waals surface area contributed by atoms with Crippen LogP contribution in [-0.4, -0.2) is 11.7 Å². The van der Waals surface area contributed by atoms with E-state index in [1.54, 1.807) is 18.7 Å². The molecule has 0 saturated heterocycles. The second-order valence-corrected chi connectivity index (χ2v) is 6.28. The van der Waals surface area contributed by atoms with Gasteiger partial charge in [0.15, 0.2) is 0 Å². The Balaban J connectivity index is 1.98. The Kier molecular flexibility index (Phi) is 6.15. The van der Waals surface area contributed by atoms with E-state index in [-0.39, 0.29) is 11.9 Å². The fraction of sp³-hybridized carbons (Fsp3) is 0.235. The maximum absolute atomic E-state index is 11.4. The van der Waals surface area contributed by atoms with Crippen LogP contribution in [0.3, 0.4) is 0 Å². The summed E-state index contributed by atoms with van der Waals surface area (Å²) >= 11 is 7.84. The lowest BCUT2D eigenvalue weighted by atomic mass is 10.1. The number of benzene rings is 2. The van der Waals surface area contributed by atoms with Crippen LogP contribution < -0.4 is 5.32 Å². The summed E-state index contributed by atoms with van der Waals surface area (Å²) in [6.07, 6.45) is 0. The SMILES string of the molecule is CC(=O)NC(CSCc1ccccc1)c1cccc(Cl)c1. The molecule has 2 nitrogen and oxygen atoms in total. The minimum Gasteiger partial charge on any atom is -0.349 e. The molecule has 0 aliphatic heterocycles. The van der Waals surface area contributed by atoms with Crippen molar-refractivity contribution in [3.8, 4) is 0 Å². The van der Waals surface area contributed by atoms with Crippen LogP contribution in [0.15, 0.2) is 54.6 Å². The van der Waals surface area contributed by atoms with Gasteiger partial charge in [-0.15, -0.1) is 0 Å². The molecule has 1 N–H and O–H groups in total. The van der Waals surface area contributed by atoms with E-state index < -0.39 is 0 Å². The van der Waals surface area contributed by atoms with Gasteiger partial charge in [0.05, 0.1) is 6.04 Å². The molecule has 0 aliphatic carbocycles. The van der Waals surface area contributed by atoms with Gasteiger partial charge in [-0.25, -0.2) is 0 Å². The van der Waals surface area contributed by atoms with Gasteiger partial charge in [-0.3, -0.25) is 4.79 Å². The van der Waals surface area contributed by atoms with E-state index >= 15 is 0 Å². The number of thioether (sulfide) groups is 1. The molecular weight excluding hydrogens is 302 g/mol. The fourth-order valence-electron chi connectivity index (χ4n) is 2.06. The van der Waals surface area contributed by atoms with Crippen LogP contribution in [-0.2, 0) is 10.5 Å². The number of nitrogens with one attached hydrogen (secondary N) is 1. The normalized spacial score (nSPS) is 11.9. The van der Waals surface area contributed by atoms with E-state index in [1.165, 1.54) is 5.56 Å². The zero-order valence-corrected chi connectivity index (χ0v) is 13.5. The summed E-state index contributed by atoms with van der Waals surface area (Å²) in [6, 6.07) is 18.0. The molecule has 0 fully saturated rings. The summed E-state index contributed by atoms with van der Waals surface area (Å²) < 4.78 is 0. The average molecular weight is 320 g/mol. The van der Waals surface area contributed by atoms with Crippen LogP contribution in [0.4, 0.5) is 0 Å². The molecule has 1 unspecified atom stereocenters. The van der Waals surface area contributed by atoms with Gasteiger partial charge < -0.3 is 5.32 Å². The van der Waals surface area contributed by atoms with E-state index in [9.17, 15) is 4.79 Å². The maximum atomic E-state index is 11.4. The largest absolute Gasteiger partial charge is 0.349 e. The number of amides is 1. The lowest BCUT2D eigenvalue weighted by molar-refractivity contribution is -0.119. The number of carbonyl (C=O) groups excluding carboxylic acids is 1. The third-order valence-electron chi connectivity index (χ3n) is 3.02. The summed E-state index contributed by atoms with van der Waals surface area (Å²) in [7, 11) is 0. The minimum absolute atomic E-state index is 0.0186. The second-order valence-electron chi connectivity index (χ2n) is 4.81. The van der Waals surface area contributed by atoms with Gasteiger partial charge in [0.2, 0.25) is 5.91 Å². The molecule has 110 valence electrons. The van der Waals surface area contributed by atoms with Crippen molar-refractivity contribution in [2.45, 2.75) is 18.7 Å². The molecule has 1 atom stereocenters. The van der Waals surface area contributed by atoms with Crippen molar-refractivity contribution in [2.24, 2.45) is 0 Å². The van der Waals surface area contributed by atoms with E-state index in [0.29, 0.717) is 5.02 Å². The Bertz CT molecular complexity index is 588. The number of hydrogen-bond donors (Lipinski definition) is 1. The molecule has 0 radical (unpaired) electrons. The van der Waals surface area contributed by atoms with Gasteiger partial charge in [-0.2, -0.15) is 11.8 Å². The molecule has 2 aromatic carbocycles. The smallest absolute Gasteiger partial charge is 0.217 e. The Hall–Kier alpha value is -1.45. The number of carbonyl (C=O) groups is 1. The third-order valence-corrected chi connectivity index (χ3v) is 4.37. The van der Waals surface area contributed by atoms with Gasteiger partial charge in [-0.1, -0.05) is 54.1 Å². The monoisotopic (exact) mass is 319 g/mol. The van der Waals surface area contributed by atoms with E-state index in [0.717, 1.165) is 17.1 Å². The zero-order chi connectivity index (χ0) is 15.1. The second kappa shape index (κ2) is 8.11. The molecule has 0 bridgehead atoms. The topological polar surface area (TPSA) is 29.1 Å². The summed E-state index contributed by atoms with van der Waals surface area (Å²) in [4.78, 5) is 11.4. The van der Waals surface area contributed by atoms with Crippen LogP contribution in [0.5, 0.6) is 0 Å². The van der Waals surface area contributed by atoms with Gasteiger partial charge in [0, 0.05) is 23.5 Å². The van der Waals surface area contributed by atoms with Crippen molar-refractivity contribution >= 4 is 29.3 Å². The Morgan fingerprint density at radius 3 is 2.62 bits per heavy atom. The number of hydrogen-bond acceptors (Lipinski definition) is 2. The molecule has 1 amide bonds. The van der Waals surface area contributed by atoms with Crippen LogP contribution in [0.1, 0.15) is 24.1 Å². The van der Waals surface area contributed by atoms with Crippen LogP contribution in [0, 0.1) is 0 Å². The first kappa shape index (κ1) is 15.9. The standard InChI is InChI=1S/C17H18ClNOS/c1-13(20)19-17(15-8-5-9-16(18)10-15)12-21-11-14-6-3-2-4-7-14/h2-10,17H,11-12H2,1H3,(H,19,20). The van der Waals surface area contributed by atoms with E-state index in [4.69, 9.17) is 11.6 Å². The summed E-state index contributed by atoms with van der Waals surface area (Å²) in [5, 5.41) is 3.68. The van der Waals surface area contributed by atoms with Crippen LogP contribution in [0.25, 0.3) is 0 Å². The Labute approximate surface area is 134 Å².